The second-order valence-corrected chi connectivity index (χ2v) is 5.25. The first-order chi connectivity index (χ1) is 9.33. The number of rotatable bonds is 4. The van der Waals surface area contributed by atoms with Crippen molar-refractivity contribution in [1.29, 1.82) is 5.26 Å². The van der Waals surface area contributed by atoms with Crippen LogP contribution in [0.1, 0.15) is 49.7 Å². The zero-order valence-electron chi connectivity index (χ0n) is 11.5. The summed E-state index contributed by atoms with van der Waals surface area (Å²) in [5.74, 6) is 1.36. The minimum atomic E-state index is 0.658. The molecular formula is C17H21NO. The Morgan fingerprint density at radius 3 is 2.47 bits per heavy atom. The van der Waals surface area contributed by atoms with Gasteiger partial charge in [0.2, 0.25) is 0 Å². The van der Waals surface area contributed by atoms with Gasteiger partial charge in [-0.3, -0.25) is 0 Å². The Kier molecular flexibility index (Phi) is 5.03. The summed E-state index contributed by atoms with van der Waals surface area (Å²) >= 11 is 0. The molecular weight excluding hydrogens is 234 g/mol. The van der Waals surface area contributed by atoms with E-state index in [4.69, 9.17) is 10.00 Å². The van der Waals surface area contributed by atoms with E-state index in [-0.39, 0.29) is 0 Å². The van der Waals surface area contributed by atoms with E-state index in [9.17, 15) is 0 Å². The molecule has 2 nitrogen and oxygen atoms in total. The average molecular weight is 255 g/mol. The minimum Gasteiger partial charge on any atom is -0.501 e. The highest BCUT2D eigenvalue weighted by molar-refractivity contribution is 5.33. The van der Waals surface area contributed by atoms with Gasteiger partial charge in [0.1, 0.15) is 0 Å². The van der Waals surface area contributed by atoms with E-state index < -0.39 is 0 Å². The molecule has 1 aromatic rings. The van der Waals surface area contributed by atoms with Crippen molar-refractivity contribution in [2.45, 2.75) is 38.5 Å². The topological polar surface area (TPSA) is 33.0 Å². The summed E-state index contributed by atoms with van der Waals surface area (Å²) in [6, 6.07) is 10.2. The summed E-state index contributed by atoms with van der Waals surface area (Å²) in [6.45, 7) is 2.83. The maximum Gasteiger partial charge on any atom is 0.0991 e. The lowest BCUT2D eigenvalue weighted by atomic mass is 9.79. The molecule has 0 spiro atoms. The lowest BCUT2D eigenvalue weighted by Gasteiger charge is -2.28. The van der Waals surface area contributed by atoms with Crippen LogP contribution in [-0.4, -0.2) is 6.61 Å². The molecule has 1 aliphatic carbocycles. The van der Waals surface area contributed by atoms with E-state index in [1.165, 1.54) is 31.2 Å². The first-order valence-corrected chi connectivity index (χ1v) is 7.06. The van der Waals surface area contributed by atoms with Crippen LogP contribution in [0.2, 0.25) is 0 Å². The van der Waals surface area contributed by atoms with Crippen molar-refractivity contribution in [3.8, 4) is 6.07 Å². The standard InChI is InChI=1S/C17H21NO/c1-2-11-19-13-15-5-9-17(10-6-15)16-7-3-14(12-18)4-8-16/h2-4,7-8,11,15,17H,5-6,9-10,13H2,1H3. The molecule has 1 aromatic carbocycles. The normalized spacial score (nSPS) is 23.2. The second-order valence-electron chi connectivity index (χ2n) is 5.25. The van der Waals surface area contributed by atoms with Gasteiger partial charge in [0, 0.05) is 0 Å². The van der Waals surface area contributed by atoms with E-state index in [1.807, 2.05) is 25.1 Å². The smallest absolute Gasteiger partial charge is 0.0991 e. The maximum atomic E-state index is 8.81. The Labute approximate surface area is 115 Å². The Morgan fingerprint density at radius 2 is 1.89 bits per heavy atom. The van der Waals surface area contributed by atoms with Gasteiger partial charge in [0.25, 0.3) is 0 Å². The lowest BCUT2D eigenvalue weighted by molar-refractivity contribution is 0.159. The van der Waals surface area contributed by atoms with Gasteiger partial charge in [0.05, 0.1) is 24.5 Å². The van der Waals surface area contributed by atoms with Crippen molar-refractivity contribution >= 4 is 0 Å². The van der Waals surface area contributed by atoms with Crippen molar-refractivity contribution in [1.82, 2.24) is 0 Å². The van der Waals surface area contributed by atoms with Gasteiger partial charge in [-0.2, -0.15) is 5.26 Å². The summed E-state index contributed by atoms with van der Waals surface area (Å²) in [6.07, 6.45) is 8.66. The summed E-state index contributed by atoms with van der Waals surface area (Å²) < 4.78 is 5.48. The molecule has 1 fully saturated rings. The highest BCUT2D eigenvalue weighted by Crippen LogP contribution is 2.35. The fraction of sp³-hybridized carbons (Fsp3) is 0.471. The van der Waals surface area contributed by atoms with Gasteiger partial charge < -0.3 is 4.74 Å². The molecule has 2 rings (SSSR count). The number of allylic oxidation sites excluding steroid dienone is 1. The Hall–Kier alpha value is -1.75. The first kappa shape index (κ1) is 13.7. The molecule has 0 amide bonds. The van der Waals surface area contributed by atoms with Gasteiger partial charge in [-0.05, 0) is 62.1 Å². The van der Waals surface area contributed by atoms with Gasteiger partial charge in [-0.1, -0.05) is 18.2 Å². The average Bonchev–Trinajstić information content (AvgIpc) is 2.48. The molecule has 0 aliphatic heterocycles. The number of benzene rings is 1. The molecule has 1 aliphatic rings. The molecule has 0 bridgehead atoms. The quantitative estimate of drug-likeness (QED) is 0.748. The third-order valence-corrected chi connectivity index (χ3v) is 3.92. The Morgan fingerprint density at radius 1 is 1.21 bits per heavy atom. The maximum absolute atomic E-state index is 8.81. The van der Waals surface area contributed by atoms with E-state index in [2.05, 4.69) is 18.2 Å². The summed E-state index contributed by atoms with van der Waals surface area (Å²) in [4.78, 5) is 0. The van der Waals surface area contributed by atoms with Crippen molar-refractivity contribution in [2.24, 2.45) is 5.92 Å². The van der Waals surface area contributed by atoms with E-state index in [1.54, 1.807) is 6.26 Å². The molecule has 19 heavy (non-hydrogen) atoms. The fourth-order valence-electron chi connectivity index (χ4n) is 2.78. The van der Waals surface area contributed by atoms with E-state index in [0.29, 0.717) is 11.8 Å². The van der Waals surface area contributed by atoms with Crippen molar-refractivity contribution < 1.29 is 4.74 Å². The Balaban J connectivity index is 1.83. The van der Waals surface area contributed by atoms with Gasteiger partial charge in [0.15, 0.2) is 0 Å². The number of hydrogen-bond acceptors (Lipinski definition) is 2. The van der Waals surface area contributed by atoms with Crippen molar-refractivity contribution in [2.75, 3.05) is 6.61 Å². The second kappa shape index (κ2) is 6.99. The van der Waals surface area contributed by atoms with Crippen molar-refractivity contribution in [3.05, 3.63) is 47.7 Å². The SMILES string of the molecule is CC=COCC1CCC(c2ccc(C#N)cc2)CC1. The zero-order chi connectivity index (χ0) is 13.5. The van der Waals surface area contributed by atoms with Crippen molar-refractivity contribution in [3.63, 3.8) is 0 Å². The molecule has 1 saturated carbocycles. The molecule has 100 valence electrons. The minimum absolute atomic E-state index is 0.658. The molecule has 0 heterocycles. The highest BCUT2D eigenvalue weighted by atomic mass is 16.5. The molecule has 0 N–H and O–H groups in total. The molecule has 0 unspecified atom stereocenters. The van der Waals surface area contributed by atoms with E-state index >= 15 is 0 Å². The highest BCUT2D eigenvalue weighted by Gasteiger charge is 2.22. The third-order valence-electron chi connectivity index (χ3n) is 3.92. The molecule has 0 saturated heterocycles. The van der Waals surface area contributed by atoms with Gasteiger partial charge in [-0.25, -0.2) is 0 Å². The number of hydrogen-bond donors (Lipinski definition) is 0. The third kappa shape index (κ3) is 3.86. The molecule has 0 atom stereocenters. The Bertz CT molecular complexity index is 447. The summed E-state index contributed by atoms with van der Waals surface area (Å²) in [5, 5.41) is 8.81. The molecule has 0 radical (unpaired) electrons. The van der Waals surface area contributed by atoms with Crippen LogP contribution in [-0.2, 0) is 4.74 Å². The predicted molar refractivity (Wildman–Crippen MR) is 76.6 cm³/mol. The summed E-state index contributed by atoms with van der Waals surface area (Å²) in [5.41, 5.74) is 2.13. The van der Waals surface area contributed by atoms with Crippen LogP contribution in [0, 0.1) is 17.2 Å². The molecule has 2 heteroatoms. The lowest BCUT2D eigenvalue weighted by Crippen LogP contribution is -2.17. The van der Waals surface area contributed by atoms with Gasteiger partial charge >= 0.3 is 0 Å². The summed E-state index contributed by atoms with van der Waals surface area (Å²) in [7, 11) is 0. The van der Waals surface area contributed by atoms with Gasteiger partial charge in [-0.15, -0.1) is 0 Å². The zero-order valence-corrected chi connectivity index (χ0v) is 11.5. The monoisotopic (exact) mass is 255 g/mol. The largest absolute Gasteiger partial charge is 0.501 e. The van der Waals surface area contributed by atoms with Crippen LogP contribution < -0.4 is 0 Å². The van der Waals surface area contributed by atoms with Crippen LogP contribution in [0.15, 0.2) is 36.6 Å². The van der Waals surface area contributed by atoms with Crippen LogP contribution in [0.5, 0.6) is 0 Å². The van der Waals surface area contributed by atoms with Crippen LogP contribution >= 0.6 is 0 Å². The van der Waals surface area contributed by atoms with Crippen LogP contribution in [0.4, 0.5) is 0 Å². The first-order valence-electron chi connectivity index (χ1n) is 7.06. The number of nitriles is 1. The van der Waals surface area contributed by atoms with E-state index in [0.717, 1.165) is 12.2 Å². The fourth-order valence-corrected chi connectivity index (χ4v) is 2.78. The van der Waals surface area contributed by atoms with Crippen LogP contribution in [0.25, 0.3) is 0 Å². The molecule has 0 aromatic heterocycles. The number of ether oxygens (including phenoxy) is 1. The van der Waals surface area contributed by atoms with Crippen LogP contribution in [0.3, 0.4) is 0 Å². The predicted octanol–water partition coefficient (Wildman–Crippen LogP) is 4.38. The number of nitrogens with zero attached hydrogens (tertiary/aromatic N) is 1.